The Hall–Kier alpha value is -0.470. The minimum absolute atomic E-state index is 0.175. The zero-order valence-electron chi connectivity index (χ0n) is 11.9. The summed E-state index contributed by atoms with van der Waals surface area (Å²) in [6, 6.07) is 8.56. The van der Waals surface area contributed by atoms with Gasteiger partial charge in [-0.05, 0) is 35.1 Å². The molecule has 1 aliphatic heterocycles. The van der Waals surface area contributed by atoms with Crippen LogP contribution in [0.3, 0.4) is 0 Å². The molecule has 1 nitrogen and oxygen atoms in total. The van der Waals surface area contributed by atoms with E-state index in [-0.39, 0.29) is 10.7 Å². The summed E-state index contributed by atoms with van der Waals surface area (Å²) in [5.74, 6) is 1.17. The molecule has 1 saturated heterocycles. The van der Waals surface area contributed by atoms with Gasteiger partial charge in [-0.3, -0.25) is 0 Å². The topological polar surface area (TPSA) is 20.2 Å². The van der Waals surface area contributed by atoms with Crippen LogP contribution in [0.15, 0.2) is 24.3 Å². The molecule has 1 N–H and O–H groups in total. The molecule has 2 atom stereocenters. The summed E-state index contributed by atoms with van der Waals surface area (Å²) >= 11 is 1.88. The van der Waals surface area contributed by atoms with Gasteiger partial charge in [0.2, 0.25) is 0 Å². The van der Waals surface area contributed by atoms with Crippen molar-refractivity contribution in [2.75, 3.05) is 5.75 Å². The molecule has 1 aromatic carbocycles. The molecule has 0 aromatic heterocycles. The number of hydrogen-bond acceptors (Lipinski definition) is 2. The Labute approximate surface area is 115 Å². The quantitative estimate of drug-likeness (QED) is 0.824. The highest BCUT2D eigenvalue weighted by molar-refractivity contribution is 8.00. The van der Waals surface area contributed by atoms with Crippen LogP contribution in [0.1, 0.15) is 51.7 Å². The number of aliphatic hydroxyl groups is 1. The van der Waals surface area contributed by atoms with Crippen LogP contribution in [-0.4, -0.2) is 16.1 Å². The molecular weight excluding hydrogens is 240 g/mol. The summed E-state index contributed by atoms with van der Waals surface area (Å²) in [7, 11) is 0. The van der Waals surface area contributed by atoms with E-state index in [0.717, 1.165) is 18.4 Å². The molecule has 0 saturated carbocycles. The highest BCUT2D eigenvalue weighted by atomic mass is 32.2. The molecule has 0 bridgehead atoms. The monoisotopic (exact) mass is 264 g/mol. The van der Waals surface area contributed by atoms with Gasteiger partial charge in [-0.25, -0.2) is 0 Å². The summed E-state index contributed by atoms with van der Waals surface area (Å²) in [5, 5.41) is 11.2. The Bertz CT molecular complexity index is 404. The maximum Gasteiger partial charge on any atom is 0.101 e. The Balaban J connectivity index is 2.28. The molecule has 2 heteroatoms. The molecule has 1 aliphatic rings. The van der Waals surface area contributed by atoms with E-state index in [9.17, 15) is 5.11 Å². The van der Waals surface area contributed by atoms with Crippen LogP contribution in [0.5, 0.6) is 0 Å². The van der Waals surface area contributed by atoms with Gasteiger partial charge in [0.25, 0.3) is 0 Å². The predicted octanol–water partition coefficient (Wildman–Crippen LogP) is 4.09. The van der Waals surface area contributed by atoms with Gasteiger partial charge < -0.3 is 5.11 Å². The first-order valence-electron chi connectivity index (χ1n) is 6.79. The molecule has 0 radical (unpaired) electrons. The van der Waals surface area contributed by atoms with Gasteiger partial charge in [-0.15, -0.1) is 0 Å². The van der Waals surface area contributed by atoms with Crippen molar-refractivity contribution in [1.29, 1.82) is 0 Å². The van der Waals surface area contributed by atoms with E-state index in [1.807, 2.05) is 11.8 Å². The first kappa shape index (κ1) is 14.0. The van der Waals surface area contributed by atoms with Crippen molar-refractivity contribution in [3.8, 4) is 0 Å². The molecule has 0 spiro atoms. The van der Waals surface area contributed by atoms with Crippen molar-refractivity contribution in [2.45, 2.75) is 56.8 Å². The highest BCUT2D eigenvalue weighted by Crippen LogP contribution is 2.41. The van der Waals surface area contributed by atoms with Crippen molar-refractivity contribution in [2.24, 2.45) is 0 Å². The minimum Gasteiger partial charge on any atom is -0.384 e. The number of rotatable bonds is 1. The fourth-order valence-electron chi connectivity index (χ4n) is 2.58. The smallest absolute Gasteiger partial charge is 0.101 e. The van der Waals surface area contributed by atoms with Crippen LogP contribution >= 0.6 is 11.8 Å². The van der Waals surface area contributed by atoms with Crippen molar-refractivity contribution in [1.82, 2.24) is 0 Å². The normalized spacial score (nSPS) is 29.3. The van der Waals surface area contributed by atoms with Crippen LogP contribution in [-0.2, 0) is 11.0 Å². The molecule has 0 amide bonds. The minimum atomic E-state index is -0.640. The summed E-state index contributed by atoms with van der Waals surface area (Å²) in [6.45, 7) is 8.79. The second-order valence-corrected chi connectivity index (χ2v) is 7.82. The molecular formula is C16H24OS. The molecule has 0 aliphatic carbocycles. The summed E-state index contributed by atoms with van der Waals surface area (Å²) in [6.07, 6.45) is 1.99. The van der Waals surface area contributed by atoms with Gasteiger partial charge in [-0.2, -0.15) is 11.8 Å². The SMILES string of the molecule is CC1SCCCC1(O)c1ccc(C(C)(C)C)cc1. The van der Waals surface area contributed by atoms with Crippen LogP contribution < -0.4 is 0 Å². The second kappa shape index (κ2) is 4.90. The summed E-state index contributed by atoms with van der Waals surface area (Å²) in [4.78, 5) is 0. The first-order valence-corrected chi connectivity index (χ1v) is 7.84. The van der Waals surface area contributed by atoms with E-state index in [2.05, 4.69) is 52.0 Å². The molecule has 18 heavy (non-hydrogen) atoms. The fraction of sp³-hybridized carbons (Fsp3) is 0.625. The van der Waals surface area contributed by atoms with Crippen molar-refractivity contribution >= 4 is 11.8 Å². The third-order valence-electron chi connectivity index (χ3n) is 3.99. The largest absolute Gasteiger partial charge is 0.384 e. The molecule has 1 heterocycles. The fourth-order valence-corrected chi connectivity index (χ4v) is 3.78. The summed E-state index contributed by atoms with van der Waals surface area (Å²) in [5.41, 5.74) is 1.94. The Morgan fingerprint density at radius 2 is 1.83 bits per heavy atom. The lowest BCUT2D eigenvalue weighted by Crippen LogP contribution is -2.38. The zero-order chi connectivity index (χ0) is 13.4. The zero-order valence-corrected chi connectivity index (χ0v) is 12.7. The van der Waals surface area contributed by atoms with Gasteiger partial charge in [-0.1, -0.05) is 52.0 Å². The lowest BCUT2D eigenvalue weighted by atomic mass is 9.82. The van der Waals surface area contributed by atoms with Crippen LogP contribution in [0, 0.1) is 0 Å². The molecule has 2 unspecified atom stereocenters. The molecule has 1 aromatic rings. The van der Waals surface area contributed by atoms with E-state index in [1.165, 1.54) is 11.3 Å². The second-order valence-electron chi connectivity index (χ2n) is 6.37. The van der Waals surface area contributed by atoms with Crippen molar-refractivity contribution in [3.05, 3.63) is 35.4 Å². The van der Waals surface area contributed by atoms with Crippen LogP contribution in [0.2, 0.25) is 0 Å². The van der Waals surface area contributed by atoms with Gasteiger partial charge in [0.1, 0.15) is 5.60 Å². The maximum absolute atomic E-state index is 10.9. The number of benzene rings is 1. The Morgan fingerprint density at radius 1 is 1.22 bits per heavy atom. The van der Waals surface area contributed by atoms with Crippen molar-refractivity contribution in [3.63, 3.8) is 0 Å². The van der Waals surface area contributed by atoms with Crippen molar-refractivity contribution < 1.29 is 5.11 Å². The maximum atomic E-state index is 10.9. The van der Waals surface area contributed by atoms with Gasteiger partial charge >= 0.3 is 0 Å². The average molecular weight is 264 g/mol. The van der Waals surface area contributed by atoms with Crippen LogP contribution in [0.4, 0.5) is 0 Å². The van der Waals surface area contributed by atoms with E-state index in [0.29, 0.717) is 0 Å². The summed E-state index contributed by atoms with van der Waals surface area (Å²) < 4.78 is 0. The Kier molecular flexibility index (Phi) is 3.80. The average Bonchev–Trinajstić information content (AvgIpc) is 2.32. The Morgan fingerprint density at radius 3 is 2.33 bits per heavy atom. The molecule has 1 fully saturated rings. The van der Waals surface area contributed by atoms with E-state index in [1.54, 1.807) is 0 Å². The molecule has 2 rings (SSSR count). The van der Waals surface area contributed by atoms with E-state index < -0.39 is 5.60 Å². The van der Waals surface area contributed by atoms with E-state index >= 15 is 0 Å². The molecule has 100 valence electrons. The lowest BCUT2D eigenvalue weighted by molar-refractivity contribution is 0.0254. The van der Waals surface area contributed by atoms with Crippen LogP contribution in [0.25, 0.3) is 0 Å². The lowest BCUT2D eigenvalue weighted by Gasteiger charge is -2.38. The third-order valence-corrected chi connectivity index (χ3v) is 5.41. The number of thioether (sulfide) groups is 1. The number of hydrogen-bond donors (Lipinski definition) is 1. The first-order chi connectivity index (χ1) is 8.34. The highest BCUT2D eigenvalue weighted by Gasteiger charge is 2.38. The third kappa shape index (κ3) is 2.60. The van der Waals surface area contributed by atoms with Gasteiger partial charge in [0.15, 0.2) is 0 Å². The van der Waals surface area contributed by atoms with Gasteiger partial charge in [0.05, 0.1) is 0 Å². The van der Waals surface area contributed by atoms with E-state index in [4.69, 9.17) is 0 Å². The standard InChI is InChI=1S/C16H24OS/c1-12-16(17,10-5-11-18-12)14-8-6-13(7-9-14)15(2,3)4/h6-9,12,17H,5,10-11H2,1-4H3. The predicted molar refractivity (Wildman–Crippen MR) is 80.2 cm³/mol. The van der Waals surface area contributed by atoms with Gasteiger partial charge in [0, 0.05) is 5.25 Å².